The van der Waals surface area contributed by atoms with Gasteiger partial charge >= 0.3 is 0 Å². The predicted molar refractivity (Wildman–Crippen MR) is 102 cm³/mol. The van der Waals surface area contributed by atoms with Gasteiger partial charge in [-0.25, -0.2) is 9.37 Å². The summed E-state index contributed by atoms with van der Waals surface area (Å²) >= 11 is 7.64. The molecule has 0 N–H and O–H groups in total. The maximum Gasteiger partial charge on any atom is 0.260 e. The summed E-state index contributed by atoms with van der Waals surface area (Å²) in [7, 11) is 0. The van der Waals surface area contributed by atoms with Crippen molar-refractivity contribution in [1.29, 1.82) is 0 Å². The molecule has 1 saturated heterocycles. The van der Waals surface area contributed by atoms with Crippen LogP contribution in [-0.2, 0) is 4.74 Å². The first-order valence-corrected chi connectivity index (χ1v) is 9.55. The maximum atomic E-state index is 13.2. The molecule has 1 amide bonds. The Balaban J connectivity index is 1.72. The Kier molecular flexibility index (Phi) is 4.89. The number of thiazole rings is 1. The Morgan fingerprint density at radius 3 is 2.81 bits per heavy atom. The number of fused-ring (bicyclic) bond motifs is 1. The lowest BCUT2D eigenvalue weighted by molar-refractivity contribution is 0.0917. The average Bonchev–Trinajstić information content (AvgIpc) is 3.30. The maximum absolute atomic E-state index is 13.2. The van der Waals surface area contributed by atoms with Gasteiger partial charge in [-0.15, -0.1) is 0 Å². The molecule has 0 radical (unpaired) electrons. The van der Waals surface area contributed by atoms with Crippen LogP contribution in [0.4, 0.5) is 9.52 Å². The zero-order valence-corrected chi connectivity index (χ0v) is 15.4. The van der Waals surface area contributed by atoms with E-state index >= 15 is 0 Å². The lowest BCUT2D eigenvalue weighted by atomic mass is 10.1. The summed E-state index contributed by atoms with van der Waals surface area (Å²) < 4.78 is 19.8. The van der Waals surface area contributed by atoms with E-state index in [0.717, 1.165) is 17.5 Å². The van der Waals surface area contributed by atoms with E-state index in [9.17, 15) is 9.18 Å². The molecule has 3 aromatic rings. The number of rotatable bonds is 4. The van der Waals surface area contributed by atoms with Crippen molar-refractivity contribution in [3.8, 4) is 0 Å². The van der Waals surface area contributed by atoms with Crippen LogP contribution in [0.2, 0.25) is 5.02 Å². The first kappa shape index (κ1) is 17.4. The number of amides is 1. The van der Waals surface area contributed by atoms with Crippen LogP contribution in [0.5, 0.6) is 0 Å². The van der Waals surface area contributed by atoms with E-state index in [1.165, 1.54) is 35.6 Å². The lowest BCUT2D eigenvalue weighted by Crippen LogP contribution is -2.37. The van der Waals surface area contributed by atoms with Crippen molar-refractivity contribution < 1.29 is 13.9 Å². The second-order valence-corrected chi connectivity index (χ2v) is 7.56. The fraction of sp³-hybridized carbons (Fsp3) is 0.263. The number of nitrogens with zero attached hydrogens (tertiary/aromatic N) is 2. The molecule has 4 nitrogen and oxygen atoms in total. The Morgan fingerprint density at radius 1 is 1.31 bits per heavy atom. The van der Waals surface area contributed by atoms with E-state index in [2.05, 4.69) is 4.98 Å². The standard InChI is InChI=1S/C19H16ClFN2O2S/c20-15-4-1-5-16-17(15)22-19(26-16)23(11-14-3-2-10-25-14)18(24)12-6-8-13(21)9-7-12/h1,4-9,14H,2-3,10-11H2. The average molecular weight is 391 g/mol. The first-order chi connectivity index (χ1) is 12.6. The molecule has 2 aromatic carbocycles. The van der Waals surface area contributed by atoms with Gasteiger partial charge in [0.25, 0.3) is 5.91 Å². The van der Waals surface area contributed by atoms with Gasteiger partial charge in [-0.3, -0.25) is 9.69 Å². The summed E-state index contributed by atoms with van der Waals surface area (Å²) in [5.74, 6) is -0.602. The highest BCUT2D eigenvalue weighted by molar-refractivity contribution is 7.22. The van der Waals surface area contributed by atoms with Crippen LogP contribution < -0.4 is 4.90 Å². The number of para-hydroxylation sites is 1. The Labute approximate surface area is 159 Å². The molecule has 2 heterocycles. The van der Waals surface area contributed by atoms with E-state index in [1.54, 1.807) is 11.0 Å². The normalized spacial score (nSPS) is 16.9. The summed E-state index contributed by atoms with van der Waals surface area (Å²) in [5, 5.41) is 1.12. The van der Waals surface area contributed by atoms with Gasteiger partial charge in [0.15, 0.2) is 5.13 Å². The van der Waals surface area contributed by atoms with Gasteiger partial charge < -0.3 is 4.74 Å². The monoisotopic (exact) mass is 390 g/mol. The number of anilines is 1. The van der Waals surface area contributed by atoms with Crippen molar-refractivity contribution >= 4 is 44.2 Å². The van der Waals surface area contributed by atoms with Crippen LogP contribution in [0.3, 0.4) is 0 Å². The number of ether oxygens (including phenoxy) is 1. The smallest absolute Gasteiger partial charge is 0.260 e. The molecule has 1 aliphatic rings. The molecule has 0 bridgehead atoms. The Bertz CT molecular complexity index is 938. The van der Waals surface area contributed by atoms with Crippen molar-refractivity contribution in [2.75, 3.05) is 18.1 Å². The molecular formula is C19H16ClFN2O2S. The van der Waals surface area contributed by atoms with Crippen LogP contribution in [0.15, 0.2) is 42.5 Å². The number of halogens is 2. The molecule has 4 rings (SSSR count). The molecule has 26 heavy (non-hydrogen) atoms. The predicted octanol–water partition coefficient (Wildman–Crippen LogP) is 4.91. The highest BCUT2D eigenvalue weighted by atomic mass is 35.5. The fourth-order valence-electron chi connectivity index (χ4n) is 3.01. The van der Waals surface area contributed by atoms with E-state index < -0.39 is 0 Å². The Morgan fingerprint density at radius 2 is 2.12 bits per heavy atom. The molecule has 1 atom stereocenters. The minimum Gasteiger partial charge on any atom is -0.376 e. The Hall–Kier alpha value is -2.02. The summed E-state index contributed by atoms with van der Waals surface area (Å²) in [6.45, 7) is 1.11. The quantitative estimate of drug-likeness (QED) is 0.635. The first-order valence-electron chi connectivity index (χ1n) is 8.36. The summed E-state index contributed by atoms with van der Waals surface area (Å²) in [6, 6.07) is 11.1. The van der Waals surface area contributed by atoms with Crippen molar-refractivity contribution in [1.82, 2.24) is 4.98 Å². The molecule has 1 unspecified atom stereocenters. The van der Waals surface area contributed by atoms with Crippen molar-refractivity contribution in [3.63, 3.8) is 0 Å². The van der Waals surface area contributed by atoms with Gasteiger partial charge in [-0.1, -0.05) is 29.0 Å². The van der Waals surface area contributed by atoms with Gasteiger partial charge in [-0.05, 0) is 49.2 Å². The highest BCUT2D eigenvalue weighted by Crippen LogP contribution is 2.34. The van der Waals surface area contributed by atoms with Gasteiger partial charge in [0.1, 0.15) is 11.3 Å². The minimum absolute atomic E-state index is 0.0260. The third-order valence-corrected chi connectivity index (χ3v) is 5.68. The second-order valence-electron chi connectivity index (χ2n) is 6.14. The van der Waals surface area contributed by atoms with Crippen LogP contribution in [0.1, 0.15) is 23.2 Å². The molecule has 0 aliphatic carbocycles. The number of hydrogen-bond donors (Lipinski definition) is 0. The molecule has 0 spiro atoms. The molecular weight excluding hydrogens is 375 g/mol. The zero-order valence-electron chi connectivity index (χ0n) is 13.8. The van der Waals surface area contributed by atoms with Crippen LogP contribution in [-0.4, -0.2) is 30.1 Å². The van der Waals surface area contributed by atoms with Gasteiger partial charge in [0.2, 0.25) is 0 Å². The molecule has 1 aromatic heterocycles. The van der Waals surface area contributed by atoms with Crippen molar-refractivity contribution in [3.05, 3.63) is 58.9 Å². The van der Waals surface area contributed by atoms with Crippen LogP contribution in [0, 0.1) is 5.82 Å². The lowest BCUT2D eigenvalue weighted by Gasteiger charge is -2.23. The SMILES string of the molecule is O=C(c1ccc(F)cc1)N(CC1CCCO1)c1nc2c(Cl)cccc2s1. The van der Waals surface area contributed by atoms with E-state index in [1.807, 2.05) is 12.1 Å². The summed E-state index contributed by atoms with van der Waals surface area (Å²) in [4.78, 5) is 19.3. The van der Waals surface area contributed by atoms with Crippen molar-refractivity contribution in [2.45, 2.75) is 18.9 Å². The number of carbonyl (C=O) groups is 1. The van der Waals surface area contributed by atoms with E-state index in [-0.39, 0.29) is 17.8 Å². The van der Waals surface area contributed by atoms with Gasteiger partial charge in [0.05, 0.1) is 22.4 Å². The van der Waals surface area contributed by atoms with Crippen molar-refractivity contribution in [2.24, 2.45) is 0 Å². The second kappa shape index (κ2) is 7.31. The number of hydrogen-bond acceptors (Lipinski definition) is 4. The molecule has 1 aliphatic heterocycles. The number of benzene rings is 2. The van der Waals surface area contributed by atoms with Crippen LogP contribution >= 0.6 is 22.9 Å². The van der Waals surface area contributed by atoms with Crippen LogP contribution in [0.25, 0.3) is 10.2 Å². The summed E-state index contributed by atoms with van der Waals surface area (Å²) in [5.41, 5.74) is 1.09. The molecule has 134 valence electrons. The topological polar surface area (TPSA) is 42.4 Å². The number of aromatic nitrogens is 1. The third-order valence-electron chi connectivity index (χ3n) is 4.34. The molecule has 0 saturated carbocycles. The van der Waals surface area contributed by atoms with E-state index in [0.29, 0.717) is 34.4 Å². The fourth-order valence-corrected chi connectivity index (χ4v) is 4.28. The zero-order chi connectivity index (χ0) is 18.1. The third kappa shape index (κ3) is 3.45. The summed E-state index contributed by atoms with van der Waals surface area (Å²) in [6.07, 6.45) is 1.86. The largest absolute Gasteiger partial charge is 0.376 e. The minimum atomic E-state index is -0.376. The van der Waals surface area contributed by atoms with E-state index in [4.69, 9.17) is 16.3 Å². The number of carbonyl (C=O) groups excluding carboxylic acids is 1. The van der Waals surface area contributed by atoms with Gasteiger partial charge in [-0.2, -0.15) is 0 Å². The van der Waals surface area contributed by atoms with Gasteiger partial charge in [0, 0.05) is 12.2 Å². The highest BCUT2D eigenvalue weighted by Gasteiger charge is 2.27. The molecule has 1 fully saturated rings. The molecule has 7 heteroatoms.